The summed E-state index contributed by atoms with van der Waals surface area (Å²) < 4.78 is 35.3. The third-order valence-corrected chi connectivity index (χ3v) is 16.5. The number of aliphatic hydroxyl groups excluding tert-OH is 1. The van der Waals surface area contributed by atoms with Gasteiger partial charge in [0.2, 0.25) is 17.7 Å². The first kappa shape index (κ1) is 54.8. The first-order valence-corrected chi connectivity index (χ1v) is 28.4. The summed E-state index contributed by atoms with van der Waals surface area (Å²) in [7, 11) is 1.61. The molecule has 21 heteroatoms. The smallest absolute Gasteiger partial charge is 0.254 e. The maximum Gasteiger partial charge on any atom is 0.254 e. The molecule has 3 saturated heterocycles. The van der Waals surface area contributed by atoms with E-state index in [0.29, 0.717) is 28.8 Å². The van der Waals surface area contributed by atoms with Crippen LogP contribution in [0.25, 0.3) is 27.8 Å². The predicted molar refractivity (Wildman–Crippen MR) is 306 cm³/mol. The summed E-state index contributed by atoms with van der Waals surface area (Å²) in [5.41, 5.74) is 15.1. The number of methoxy groups -OCH3 is 1. The van der Waals surface area contributed by atoms with E-state index >= 15 is 0 Å². The van der Waals surface area contributed by atoms with Crippen LogP contribution in [0.15, 0.2) is 113 Å². The molecule has 6 atom stereocenters. The largest absolute Gasteiger partial charge is 0.489 e. The van der Waals surface area contributed by atoms with E-state index in [0.717, 1.165) is 84.0 Å². The number of β-amino-alcohol motifs (C(OH)–C–C–N with tert-alkyl or cyclic N) is 1. The van der Waals surface area contributed by atoms with Gasteiger partial charge in [0, 0.05) is 87.7 Å². The fourth-order valence-corrected chi connectivity index (χ4v) is 12.2. The Labute approximate surface area is 474 Å². The van der Waals surface area contributed by atoms with Gasteiger partial charge in [-0.3, -0.25) is 14.6 Å². The first-order valence-electron chi connectivity index (χ1n) is 27.5. The van der Waals surface area contributed by atoms with Crippen molar-refractivity contribution in [1.29, 1.82) is 0 Å². The summed E-state index contributed by atoms with van der Waals surface area (Å²) in [6.07, 6.45) is 9.96. The molecule has 422 valence electrons. The number of hydrogen-bond donors (Lipinski definition) is 3. The average molecular weight is 1120 g/mol. The molecule has 7 aromatic rings. The van der Waals surface area contributed by atoms with Gasteiger partial charge >= 0.3 is 0 Å². The second kappa shape index (κ2) is 24.3. The summed E-state index contributed by atoms with van der Waals surface area (Å²) in [6.45, 7) is 9.84. The Hall–Kier alpha value is -8.14. The van der Waals surface area contributed by atoms with Gasteiger partial charge in [0.05, 0.1) is 51.5 Å². The summed E-state index contributed by atoms with van der Waals surface area (Å²) in [5, 5.41) is 27.5. The van der Waals surface area contributed by atoms with Crippen LogP contribution < -0.4 is 39.8 Å². The molecule has 20 nitrogen and oxygen atoms in total. The highest BCUT2D eigenvalue weighted by Gasteiger charge is 2.44. The van der Waals surface area contributed by atoms with Gasteiger partial charge in [-0.2, -0.15) is 0 Å². The minimum absolute atomic E-state index is 0.0147. The Morgan fingerprint density at radius 2 is 1.68 bits per heavy atom. The van der Waals surface area contributed by atoms with Gasteiger partial charge < -0.3 is 59.1 Å². The van der Waals surface area contributed by atoms with Gasteiger partial charge in [-0.25, -0.2) is 9.97 Å². The molecule has 81 heavy (non-hydrogen) atoms. The predicted octanol–water partition coefficient (Wildman–Crippen LogP) is 8.63. The van der Waals surface area contributed by atoms with E-state index in [-0.39, 0.29) is 74.4 Å². The molecule has 4 fully saturated rings. The number of nitrogens with zero attached hydrogens (tertiary/aromatic N) is 9. The number of hydrogen-bond acceptors (Lipinski definition) is 19. The number of nitrogens with one attached hydrogen (secondary N) is 1. The summed E-state index contributed by atoms with van der Waals surface area (Å²) in [6, 6.07) is 27.7. The number of likely N-dealkylation sites (tertiary alicyclic amines) is 1. The number of thiazole rings is 1. The Kier molecular flexibility index (Phi) is 16.4. The lowest BCUT2D eigenvalue weighted by Gasteiger charge is -2.44. The van der Waals surface area contributed by atoms with E-state index in [9.17, 15) is 14.7 Å². The van der Waals surface area contributed by atoms with Crippen LogP contribution in [0.5, 0.6) is 23.3 Å². The zero-order valence-corrected chi connectivity index (χ0v) is 46.8. The molecule has 2 bridgehead atoms. The SMILES string of the molecule is COCOc1ccccc1-c1cc(N2C[C@H]3CC[C@H](C2)N3c2ccnc(OC3CC(Oc4ccc(/C=C/COc5cc(C(C(=O)N6CC(O)CC6C(N)=O)C(C)C)on5)nc4)C3)c2)c(N[C@@H](C)c2ccc(-c3scnc3C)cc2)nn1. The molecule has 0 spiro atoms. The molecule has 0 radical (unpaired) electrons. The minimum atomic E-state index is -0.876. The van der Waals surface area contributed by atoms with Crippen molar-refractivity contribution in [2.75, 3.05) is 55.3 Å². The number of pyridine rings is 2. The molecular formula is C60H67N11O9S. The van der Waals surface area contributed by atoms with Crippen molar-refractivity contribution < 1.29 is 42.9 Å². The standard InChI is InChI=1S/C60H67N11O9S/c1-35(2)56(60(74)70-32-44(72)24-50(70)58(61)73)53-28-55(68-80-53)76-22-8-9-40-16-19-45(29-63-40)78-46-25-47(26-46)79-54-23-41(20-21-62-54)71-42-17-18-43(71)31-69(30-42)51-27-49(48-10-6-7-11-52(48)77-34-75-5)66-67-59(51)65-36(3)38-12-14-39(15-13-38)57-37(4)64-33-81-57/h6-16,19-21,23,27-29,33,35-36,42-44,46-47,50,56,72H,17-18,22,24-26,30-32,34H2,1-5H3,(H2,61,73)(H,65,67)/b9-8+/t36-,42+,43+,44?,46?,47?,50?,56?/m0/s1. The second-order valence-electron chi connectivity index (χ2n) is 21.5. The number of para-hydroxylation sites is 1. The highest BCUT2D eigenvalue weighted by atomic mass is 32.1. The number of nitrogens with two attached hydrogens (primary N) is 1. The number of aryl methyl sites for hydroxylation is 1. The van der Waals surface area contributed by atoms with E-state index < -0.39 is 24.0 Å². The van der Waals surface area contributed by atoms with Crippen LogP contribution in [0, 0.1) is 12.8 Å². The van der Waals surface area contributed by atoms with E-state index in [1.54, 1.807) is 36.8 Å². The van der Waals surface area contributed by atoms with Gasteiger partial charge in [-0.15, -0.1) is 21.5 Å². The number of ether oxygens (including phenoxy) is 5. The number of aliphatic hydroxyl groups is 1. The van der Waals surface area contributed by atoms with Crippen molar-refractivity contribution in [1.82, 2.24) is 35.2 Å². The zero-order chi connectivity index (χ0) is 56.1. The maximum atomic E-state index is 13.5. The highest BCUT2D eigenvalue weighted by molar-refractivity contribution is 7.13. The van der Waals surface area contributed by atoms with Crippen LogP contribution in [-0.2, 0) is 14.3 Å². The van der Waals surface area contributed by atoms with Crippen LogP contribution in [0.3, 0.4) is 0 Å². The van der Waals surface area contributed by atoms with Crippen molar-refractivity contribution in [3.63, 3.8) is 0 Å². The fourth-order valence-electron chi connectivity index (χ4n) is 11.4. The van der Waals surface area contributed by atoms with Gasteiger partial charge in [0.15, 0.2) is 18.4 Å². The van der Waals surface area contributed by atoms with Gasteiger partial charge in [-0.05, 0) is 97.4 Å². The Balaban J connectivity index is 0.680. The van der Waals surface area contributed by atoms with Crippen LogP contribution in [0.2, 0.25) is 0 Å². The molecule has 4 aliphatic rings. The van der Waals surface area contributed by atoms with Crippen molar-refractivity contribution in [2.45, 2.75) is 108 Å². The maximum absolute atomic E-state index is 13.5. The molecule has 2 aromatic carbocycles. The lowest BCUT2D eigenvalue weighted by atomic mass is 9.91. The lowest BCUT2D eigenvalue weighted by Crippen LogP contribution is -2.54. The van der Waals surface area contributed by atoms with E-state index in [4.69, 9.17) is 44.1 Å². The molecule has 3 unspecified atom stereocenters. The molecule has 4 N–H and O–H groups in total. The van der Waals surface area contributed by atoms with Crippen LogP contribution >= 0.6 is 11.3 Å². The van der Waals surface area contributed by atoms with Crippen molar-refractivity contribution in [3.8, 4) is 45.0 Å². The van der Waals surface area contributed by atoms with Gasteiger partial charge in [-0.1, -0.05) is 50.2 Å². The number of rotatable bonds is 22. The van der Waals surface area contributed by atoms with Crippen molar-refractivity contribution in [2.24, 2.45) is 11.7 Å². The van der Waals surface area contributed by atoms with Crippen LogP contribution in [-0.4, -0.2) is 129 Å². The van der Waals surface area contributed by atoms with Crippen LogP contribution in [0.4, 0.5) is 17.2 Å². The average Bonchev–Trinajstić information content (AvgIpc) is 4.47. The number of benzene rings is 2. The molecule has 5 aromatic heterocycles. The monoisotopic (exact) mass is 1120 g/mol. The normalized spacial score (nSPS) is 21.2. The number of carbonyl (C=O) groups is 2. The van der Waals surface area contributed by atoms with Crippen LogP contribution in [0.1, 0.15) is 87.5 Å². The molecular weight excluding hydrogens is 1050 g/mol. The Morgan fingerprint density at radius 3 is 2.41 bits per heavy atom. The molecule has 11 rings (SSSR count). The number of fused-ring (bicyclic) bond motifs is 2. The van der Waals surface area contributed by atoms with E-state index in [2.05, 4.69) is 84.6 Å². The molecule has 3 aliphatic heterocycles. The number of piperazine rings is 1. The minimum Gasteiger partial charge on any atom is -0.489 e. The molecule has 1 aliphatic carbocycles. The highest BCUT2D eigenvalue weighted by Crippen LogP contribution is 2.42. The summed E-state index contributed by atoms with van der Waals surface area (Å²) in [5.74, 6) is 1.25. The molecule has 8 heterocycles. The number of anilines is 3. The number of primary amides is 1. The number of carbonyl (C=O) groups excluding carboxylic acids is 2. The zero-order valence-electron chi connectivity index (χ0n) is 46.0. The Morgan fingerprint density at radius 1 is 0.889 bits per heavy atom. The molecule has 1 saturated carbocycles. The first-order chi connectivity index (χ1) is 39.3. The fraction of sp³-hybridized carbons (Fsp3) is 0.400. The van der Waals surface area contributed by atoms with Crippen molar-refractivity contribution >= 4 is 46.4 Å². The number of aromatic nitrogens is 6. The lowest BCUT2D eigenvalue weighted by molar-refractivity contribution is -0.139. The number of amides is 2. The van der Waals surface area contributed by atoms with Gasteiger partial charge in [0.25, 0.3) is 5.88 Å². The second-order valence-corrected chi connectivity index (χ2v) is 22.3. The third-order valence-electron chi connectivity index (χ3n) is 15.5. The van der Waals surface area contributed by atoms with E-state index in [1.165, 1.54) is 9.78 Å². The topological polar surface area (TPSA) is 239 Å². The summed E-state index contributed by atoms with van der Waals surface area (Å²) >= 11 is 1.65. The Bertz CT molecular complexity index is 3320. The van der Waals surface area contributed by atoms with Crippen molar-refractivity contribution in [3.05, 3.63) is 132 Å². The third kappa shape index (κ3) is 12.3. The van der Waals surface area contributed by atoms with E-state index in [1.807, 2.05) is 75.0 Å². The molecule has 2 amide bonds. The summed E-state index contributed by atoms with van der Waals surface area (Å²) in [4.78, 5) is 46.7. The van der Waals surface area contributed by atoms with Gasteiger partial charge in [0.1, 0.15) is 42.3 Å². The quantitative estimate of drug-likeness (QED) is 0.0538.